The van der Waals surface area contributed by atoms with Crippen molar-refractivity contribution in [1.82, 2.24) is 13.1 Å². The van der Waals surface area contributed by atoms with Crippen LogP contribution >= 0.6 is 11.7 Å². The first-order valence-corrected chi connectivity index (χ1v) is 9.59. The second-order valence-electron chi connectivity index (χ2n) is 5.34. The van der Waals surface area contributed by atoms with Crippen LogP contribution in [0.1, 0.15) is 19.8 Å². The molecule has 1 fully saturated rings. The Morgan fingerprint density at radius 1 is 1.43 bits per heavy atom. The zero-order valence-electron chi connectivity index (χ0n) is 12.6. The zero-order valence-corrected chi connectivity index (χ0v) is 14.3. The fourth-order valence-corrected chi connectivity index (χ4v) is 5.02. The molecule has 0 bridgehead atoms. The van der Waals surface area contributed by atoms with Crippen molar-refractivity contribution >= 4 is 38.8 Å². The molecule has 0 N–H and O–H groups in total. The van der Waals surface area contributed by atoms with Crippen LogP contribution < -0.4 is 0 Å². The quantitative estimate of drug-likeness (QED) is 0.775. The first kappa shape index (κ1) is 16.3. The van der Waals surface area contributed by atoms with Gasteiger partial charge in [0, 0.05) is 13.1 Å². The lowest BCUT2D eigenvalue weighted by molar-refractivity contribution is -0.149. The van der Waals surface area contributed by atoms with E-state index in [1.807, 2.05) is 0 Å². The van der Waals surface area contributed by atoms with Gasteiger partial charge in [-0.15, -0.1) is 0 Å². The van der Waals surface area contributed by atoms with Crippen molar-refractivity contribution in [3.63, 3.8) is 0 Å². The van der Waals surface area contributed by atoms with E-state index in [0.29, 0.717) is 37.0 Å². The molecular weight excluding hydrogens is 338 g/mol. The SMILES string of the molecule is CCOC(=O)[C@@H]1CCCN(S(=O)(=O)c2cccc3nsnc23)C1. The third-order valence-electron chi connectivity index (χ3n) is 3.87. The molecule has 2 aromatic rings. The molecule has 0 saturated carbocycles. The summed E-state index contributed by atoms with van der Waals surface area (Å²) < 4.78 is 40.4. The van der Waals surface area contributed by atoms with Gasteiger partial charge in [-0.2, -0.15) is 13.1 Å². The summed E-state index contributed by atoms with van der Waals surface area (Å²) in [6.07, 6.45) is 1.28. The molecular formula is C14H17N3O4S2. The van der Waals surface area contributed by atoms with E-state index in [1.54, 1.807) is 19.1 Å². The van der Waals surface area contributed by atoms with Crippen molar-refractivity contribution in [2.24, 2.45) is 5.92 Å². The highest BCUT2D eigenvalue weighted by molar-refractivity contribution is 7.89. The van der Waals surface area contributed by atoms with E-state index in [4.69, 9.17) is 4.74 Å². The highest BCUT2D eigenvalue weighted by Crippen LogP contribution is 2.28. The van der Waals surface area contributed by atoms with Gasteiger partial charge in [-0.05, 0) is 31.9 Å². The second kappa shape index (κ2) is 6.50. The van der Waals surface area contributed by atoms with Gasteiger partial charge in [0.25, 0.3) is 0 Å². The molecule has 23 heavy (non-hydrogen) atoms. The first-order valence-electron chi connectivity index (χ1n) is 7.42. The molecule has 0 aliphatic carbocycles. The predicted molar refractivity (Wildman–Crippen MR) is 85.5 cm³/mol. The largest absolute Gasteiger partial charge is 0.466 e. The van der Waals surface area contributed by atoms with Crippen molar-refractivity contribution in [2.75, 3.05) is 19.7 Å². The van der Waals surface area contributed by atoms with Crippen LogP contribution in [0.4, 0.5) is 0 Å². The summed E-state index contributed by atoms with van der Waals surface area (Å²) in [5.74, 6) is -0.743. The molecule has 124 valence electrons. The van der Waals surface area contributed by atoms with Crippen LogP contribution in [-0.2, 0) is 19.6 Å². The van der Waals surface area contributed by atoms with Crippen LogP contribution in [0, 0.1) is 5.92 Å². The normalized spacial score (nSPS) is 19.8. The number of ether oxygens (including phenoxy) is 1. The Labute approximate surface area is 138 Å². The van der Waals surface area contributed by atoms with Gasteiger partial charge in [0.2, 0.25) is 10.0 Å². The molecule has 1 aliphatic heterocycles. The van der Waals surface area contributed by atoms with Gasteiger partial charge in [-0.1, -0.05) is 6.07 Å². The number of nitrogens with zero attached hydrogens (tertiary/aromatic N) is 3. The van der Waals surface area contributed by atoms with Gasteiger partial charge in [0.15, 0.2) is 0 Å². The summed E-state index contributed by atoms with van der Waals surface area (Å²) >= 11 is 0.985. The molecule has 7 nitrogen and oxygen atoms in total. The Morgan fingerprint density at radius 3 is 3.04 bits per heavy atom. The first-order chi connectivity index (χ1) is 11.0. The summed E-state index contributed by atoms with van der Waals surface area (Å²) in [5, 5.41) is 0. The molecule has 2 heterocycles. The van der Waals surface area contributed by atoms with Gasteiger partial charge in [-0.3, -0.25) is 4.79 Å². The van der Waals surface area contributed by atoms with Crippen molar-refractivity contribution in [2.45, 2.75) is 24.7 Å². The second-order valence-corrected chi connectivity index (χ2v) is 7.78. The summed E-state index contributed by atoms with van der Waals surface area (Å²) in [5.41, 5.74) is 0.950. The minimum atomic E-state index is -3.71. The van der Waals surface area contributed by atoms with Crippen LogP contribution in [0.5, 0.6) is 0 Å². The maximum atomic E-state index is 12.9. The van der Waals surface area contributed by atoms with Crippen LogP contribution in [0.3, 0.4) is 0 Å². The Kier molecular flexibility index (Phi) is 4.60. The van der Waals surface area contributed by atoms with Crippen molar-refractivity contribution in [1.29, 1.82) is 0 Å². The lowest BCUT2D eigenvalue weighted by Gasteiger charge is -2.30. The Bertz CT molecular complexity index is 818. The number of hydrogen-bond acceptors (Lipinski definition) is 7. The molecule has 1 saturated heterocycles. The average molecular weight is 355 g/mol. The highest BCUT2D eigenvalue weighted by atomic mass is 32.2. The molecule has 0 unspecified atom stereocenters. The lowest BCUT2D eigenvalue weighted by Crippen LogP contribution is -2.42. The fraction of sp³-hybridized carbons (Fsp3) is 0.500. The number of aromatic nitrogens is 2. The van der Waals surface area contributed by atoms with E-state index in [-0.39, 0.29) is 17.4 Å². The molecule has 3 rings (SSSR count). The van der Waals surface area contributed by atoms with Crippen LogP contribution in [0.25, 0.3) is 11.0 Å². The van der Waals surface area contributed by atoms with E-state index < -0.39 is 15.9 Å². The summed E-state index contributed by atoms with van der Waals surface area (Å²) in [6.45, 7) is 2.58. The number of fused-ring (bicyclic) bond motifs is 1. The highest BCUT2D eigenvalue weighted by Gasteiger charge is 2.35. The monoisotopic (exact) mass is 355 g/mol. The smallest absolute Gasteiger partial charge is 0.310 e. The number of esters is 1. The molecule has 9 heteroatoms. The summed E-state index contributed by atoms with van der Waals surface area (Å²) in [4.78, 5) is 12.1. The van der Waals surface area contributed by atoms with Gasteiger partial charge >= 0.3 is 5.97 Å². The number of carbonyl (C=O) groups is 1. The third-order valence-corrected chi connectivity index (χ3v) is 6.31. The molecule has 1 atom stereocenters. The van der Waals surface area contributed by atoms with Gasteiger partial charge in [0.1, 0.15) is 15.9 Å². The van der Waals surface area contributed by atoms with E-state index in [9.17, 15) is 13.2 Å². The Hall–Kier alpha value is -1.58. The van der Waals surface area contributed by atoms with Crippen molar-refractivity contribution in [3.05, 3.63) is 18.2 Å². The number of benzene rings is 1. The molecule has 1 aromatic carbocycles. The molecule has 1 aromatic heterocycles. The topological polar surface area (TPSA) is 89.5 Å². The van der Waals surface area contributed by atoms with Gasteiger partial charge in [-0.25, -0.2) is 8.42 Å². The van der Waals surface area contributed by atoms with Crippen LogP contribution in [0.2, 0.25) is 0 Å². The van der Waals surface area contributed by atoms with E-state index >= 15 is 0 Å². The van der Waals surface area contributed by atoms with E-state index in [1.165, 1.54) is 10.4 Å². The van der Waals surface area contributed by atoms with Crippen LogP contribution in [0.15, 0.2) is 23.1 Å². The third kappa shape index (κ3) is 3.08. The summed E-state index contributed by atoms with van der Waals surface area (Å²) in [6, 6.07) is 4.92. The van der Waals surface area contributed by atoms with Crippen molar-refractivity contribution in [3.8, 4) is 0 Å². The maximum Gasteiger partial charge on any atom is 0.310 e. The minimum Gasteiger partial charge on any atom is -0.466 e. The van der Waals surface area contributed by atoms with E-state index in [2.05, 4.69) is 8.75 Å². The van der Waals surface area contributed by atoms with Gasteiger partial charge in [0.05, 0.1) is 24.3 Å². The zero-order chi connectivity index (χ0) is 16.4. The van der Waals surface area contributed by atoms with Crippen molar-refractivity contribution < 1.29 is 17.9 Å². The molecule has 0 radical (unpaired) electrons. The molecule has 0 amide bonds. The van der Waals surface area contributed by atoms with E-state index in [0.717, 1.165) is 11.7 Å². The fourth-order valence-electron chi connectivity index (χ4n) is 2.74. The molecule has 0 spiro atoms. The number of piperidine rings is 1. The average Bonchev–Trinajstić information content (AvgIpc) is 3.03. The minimum absolute atomic E-state index is 0.147. The number of carbonyl (C=O) groups excluding carboxylic acids is 1. The number of rotatable bonds is 4. The molecule has 1 aliphatic rings. The Morgan fingerprint density at radius 2 is 2.26 bits per heavy atom. The standard InChI is InChI=1S/C14H17N3O4S2/c1-2-21-14(18)10-5-4-8-17(9-10)23(19,20)12-7-3-6-11-13(12)16-22-15-11/h3,6-7,10H,2,4-5,8-9H2,1H3/t10-/m1/s1. The lowest BCUT2D eigenvalue weighted by atomic mass is 10.0. The Balaban J connectivity index is 1.90. The maximum absolute atomic E-state index is 12.9. The predicted octanol–water partition coefficient (Wildman–Crippen LogP) is 1.66. The number of sulfonamides is 1. The summed E-state index contributed by atoms with van der Waals surface area (Å²) in [7, 11) is -3.71. The number of hydrogen-bond donors (Lipinski definition) is 0. The van der Waals surface area contributed by atoms with Gasteiger partial charge < -0.3 is 4.74 Å². The van der Waals surface area contributed by atoms with Crippen LogP contribution in [-0.4, -0.2) is 47.1 Å².